The molecule has 1 aromatic carbocycles. The normalized spacial score (nSPS) is 12.7. The number of aryl methyl sites for hydroxylation is 1. The molecule has 36 heavy (non-hydrogen) atoms. The molecule has 0 atom stereocenters. The van der Waals surface area contributed by atoms with E-state index in [4.69, 9.17) is 5.21 Å². The molecule has 3 aromatic rings. The number of hydrogen-bond acceptors (Lipinski definition) is 9. The minimum atomic E-state index is -0.372. The molecule has 2 amide bonds. The first-order chi connectivity index (χ1) is 17.5. The number of carbonyl (C=O) groups excluding carboxylic acids is 2. The van der Waals surface area contributed by atoms with E-state index in [9.17, 15) is 9.59 Å². The molecule has 0 aliphatic heterocycles. The number of hydroxylamine groups is 1. The van der Waals surface area contributed by atoms with Crippen LogP contribution in [0.4, 0.5) is 23.1 Å². The van der Waals surface area contributed by atoms with Crippen LogP contribution < -0.4 is 21.4 Å². The molecule has 2 heterocycles. The average Bonchev–Trinajstić information content (AvgIpc) is 3.64. The van der Waals surface area contributed by atoms with E-state index in [2.05, 4.69) is 36.1 Å². The van der Waals surface area contributed by atoms with E-state index < -0.39 is 0 Å². The lowest BCUT2D eigenvalue weighted by atomic mass is 10.2. The fraction of sp³-hybridized carbons (Fsp3) is 0.375. The van der Waals surface area contributed by atoms with Crippen molar-refractivity contribution in [2.24, 2.45) is 5.92 Å². The van der Waals surface area contributed by atoms with Crippen LogP contribution in [0.5, 0.6) is 0 Å². The van der Waals surface area contributed by atoms with E-state index >= 15 is 0 Å². The van der Waals surface area contributed by atoms with Crippen LogP contribution in [0.3, 0.4) is 0 Å². The zero-order chi connectivity index (χ0) is 25.3. The summed E-state index contributed by atoms with van der Waals surface area (Å²) in [5, 5.41) is 25.7. The number of nitrogens with one attached hydrogen (secondary N) is 5. The Morgan fingerprint density at radius 1 is 1.08 bits per heavy atom. The zero-order valence-corrected chi connectivity index (χ0v) is 20.8. The Labute approximate surface area is 213 Å². The van der Waals surface area contributed by atoms with Gasteiger partial charge in [0.15, 0.2) is 5.16 Å². The van der Waals surface area contributed by atoms with Crippen LogP contribution >= 0.6 is 11.8 Å². The van der Waals surface area contributed by atoms with Gasteiger partial charge in [0.05, 0.1) is 5.69 Å². The molecule has 0 bridgehead atoms. The summed E-state index contributed by atoms with van der Waals surface area (Å²) in [4.78, 5) is 33.3. The van der Waals surface area contributed by atoms with Crippen molar-refractivity contribution >= 4 is 46.7 Å². The van der Waals surface area contributed by atoms with Crippen LogP contribution in [0.15, 0.2) is 46.5 Å². The van der Waals surface area contributed by atoms with Crippen LogP contribution in [0.1, 0.15) is 44.2 Å². The summed E-state index contributed by atoms with van der Waals surface area (Å²) >= 11 is 1.42. The second-order valence-electron chi connectivity index (χ2n) is 8.63. The Bertz CT molecular complexity index is 1180. The van der Waals surface area contributed by atoms with E-state index in [1.54, 1.807) is 5.48 Å². The predicted molar refractivity (Wildman–Crippen MR) is 137 cm³/mol. The molecule has 12 heteroatoms. The molecule has 6 N–H and O–H groups in total. The average molecular weight is 511 g/mol. The van der Waals surface area contributed by atoms with Crippen molar-refractivity contribution < 1.29 is 14.8 Å². The highest BCUT2D eigenvalue weighted by molar-refractivity contribution is 7.99. The number of hydrogen-bond donors (Lipinski definition) is 6. The van der Waals surface area contributed by atoms with Crippen molar-refractivity contribution in [2.45, 2.75) is 55.5 Å². The summed E-state index contributed by atoms with van der Waals surface area (Å²) in [7, 11) is 0. The van der Waals surface area contributed by atoms with E-state index in [0.29, 0.717) is 36.2 Å². The van der Waals surface area contributed by atoms with E-state index in [1.807, 2.05) is 43.3 Å². The van der Waals surface area contributed by atoms with E-state index in [0.717, 1.165) is 47.8 Å². The van der Waals surface area contributed by atoms with Gasteiger partial charge in [0.25, 0.3) is 0 Å². The third kappa shape index (κ3) is 7.95. The van der Waals surface area contributed by atoms with Gasteiger partial charge in [0.1, 0.15) is 17.5 Å². The topological polar surface area (TPSA) is 157 Å². The van der Waals surface area contributed by atoms with Gasteiger partial charge >= 0.3 is 0 Å². The number of H-pyrrole nitrogens is 1. The Hall–Kier alpha value is -3.64. The molecular weight excluding hydrogens is 480 g/mol. The van der Waals surface area contributed by atoms with Crippen molar-refractivity contribution in [1.29, 1.82) is 0 Å². The van der Waals surface area contributed by atoms with Gasteiger partial charge in [0.2, 0.25) is 11.8 Å². The Morgan fingerprint density at radius 3 is 2.56 bits per heavy atom. The molecule has 11 nitrogen and oxygen atoms in total. The number of benzene rings is 1. The molecule has 1 aliphatic carbocycles. The number of rotatable bonds is 13. The maximum Gasteiger partial charge on any atom is 0.243 e. The third-order valence-corrected chi connectivity index (χ3v) is 6.34. The second-order valence-corrected chi connectivity index (χ2v) is 9.67. The smallest absolute Gasteiger partial charge is 0.243 e. The largest absolute Gasteiger partial charge is 0.370 e. The van der Waals surface area contributed by atoms with E-state index in [1.165, 1.54) is 11.8 Å². The maximum absolute atomic E-state index is 12.0. The van der Waals surface area contributed by atoms with Gasteiger partial charge in [-0.05, 0) is 68.6 Å². The lowest BCUT2D eigenvalue weighted by Crippen LogP contribution is -2.17. The van der Waals surface area contributed by atoms with Crippen molar-refractivity contribution in [3.8, 4) is 0 Å². The predicted octanol–water partition coefficient (Wildman–Crippen LogP) is 4.23. The van der Waals surface area contributed by atoms with E-state index in [-0.39, 0.29) is 17.7 Å². The van der Waals surface area contributed by atoms with Crippen LogP contribution in [0.2, 0.25) is 0 Å². The summed E-state index contributed by atoms with van der Waals surface area (Å²) in [6.45, 7) is 2.58. The first kappa shape index (κ1) is 25.5. The molecule has 2 aromatic heterocycles. The van der Waals surface area contributed by atoms with Crippen molar-refractivity contribution in [2.75, 3.05) is 22.5 Å². The number of aromatic nitrogens is 4. The molecule has 1 saturated carbocycles. The second kappa shape index (κ2) is 12.4. The molecule has 0 radical (unpaired) electrons. The monoisotopic (exact) mass is 510 g/mol. The molecule has 1 aliphatic rings. The molecular formula is C24H30N8O3S. The van der Waals surface area contributed by atoms with Crippen LogP contribution in [0.25, 0.3) is 0 Å². The number of aromatic amines is 1. The molecule has 0 unspecified atom stereocenters. The van der Waals surface area contributed by atoms with Gasteiger partial charge in [-0.3, -0.25) is 19.9 Å². The van der Waals surface area contributed by atoms with Crippen molar-refractivity contribution in [1.82, 2.24) is 25.6 Å². The lowest BCUT2D eigenvalue weighted by molar-refractivity contribution is -0.129. The first-order valence-corrected chi connectivity index (χ1v) is 12.7. The minimum absolute atomic E-state index is 0.0823. The van der Waals surface area contributed by atoms with Gasteiger partial charge in [0, 0.05) is 41.6 Å². The fourth-order valence-electron chi connectivity index (χ4n) is 3.41. The van der Waals surface area contributed by atoms with Crippen molar-refractivity contribution in [3.63, 3.8) is 0 Å². The van der Waals surface area contributed by atoms with Gasteiger partial charge in [-0.2, -0.15) is 5.10 Å². The Kier molecular flexibility index (Phi) is 8.74. The summed E-state index contributed by atoms with van der Waals surface area (Å²) in [5.74, 6) is 1.89. The summed E-state index contributed by atoms with van der Waals surface area (Å²) in [6, 6.07) is 11.4. The summed E-state index contributed by atoms with van der Waals surface area (Å²) in [5.41, 5.74) is 3.29. The third-order valence-electron chi connectivity index (χ3n) is 5.46. The van der Waals surface area contributed by atoms with Crippen LogP contribution in [-0.2, 0) is 9.59 Å². The molecule has 1 fully saturated rings. The lowest BCUT2D eigenvalue weighted by Gasteiger charge is -2.11. The van der Waals surface area contributed by atoms with Gasteiger partial charge < -0.3 is 16.0 Å². The van der Waals surface area contributed by atoms with Gasteiger partial charge in [-0.1, -0.05) is 6.42 Å². The number of amides is 2. The quantitative estimate of drug-likeness (QED) is 0.0857. The Morgan fingerprint density at radius 2 is 1.86 bits per heavy atom. The highest BCUT2D eigenvalue weighted by Crippen LogP contribution is 2.31. The first-order valence-electron chi connectivity index (χ1n) is 11.9. The highest BCUT2D eigenvalue weighted by atomic mass is 32.2. The molecule has 190 valence electrons. The molecule has 0 saturated heterocycles. The zero-order valence-electron chi connectivity index (χ0n) is 20.0. The number of unbranched alkanes of at least 4 members (excludes halogenated alkanes) is 2. The summed E-state index contributed by atoms with van der Waals surface area (Å²) in [6.07, 6.45) is 4.62. The highest BCUT2D eigenvalue weighted by Gasteiger charge is 2.29. The van der Waals surface area contributed by atoms with Crippen molar-refractivity contribution in [3.05, 3.63) is 42.1 Å². The number of anilines is 4. The minimum Gasteiger partial charge on any atom is -0.370 e. The van der Waals surface area contributed by atoms with Crippen LogP contribution in [-0.4, -0.2) is 43.7 Å². The molecule has 4 rings (SSSR count). The van der Waals surface area contributed by atoms with Gasteiger partial charge in [-0.25, -0.2) is 15.4 Å². The SMILES string of the molecule is Cc1cc(Nc2cc(NCCCCCC(=O)NO)nc(Sc3ccc(NC(=O)C4CC4)cc3)n2)[nH]n1. The van der Waals surface area contributed by atoms with Crippen LogP contribution in [0, 0.1) is 12.8 Å². The summed E-state index contributed by atoms with van der Waals surface area (Å²) < 4.78 is 0. The standard InChI is InChI=1S/C24H30N8O3S/c1-15-13-21(31-30-15)27-20-14-19(25-12-4-2-3-5-22(33)32-35)28-24(29-20)36-18-10-8-17(9-11-18)26-23(34)16-6-7-16/h8-11,13-14,16,35H,2-7,12H2,1H3,(H,26,34)(H,32,33)(H3,25,27,28,29,30,31). The fourth-order valence-corrected chi connectivity index (χ4v) is 4.18. The van der Waals surface area contributed by atoms with Gasteiger partial charge in [-0.15, -0.1) is 0 Å². The molecule has 0 spiro atoms. The Balaban J connectivity index is 1.39. The number of nitrogens with zero attached hydrogens (tertiary/aromatic N) is 3. The number of carbonyl (C=O) groups is 2. The maximum atomic E-state index is 12.0.